The summed E-state index contributed by atoms with van der Waals surface area (Å²) in [5.41, 5.74) is 14.1. The van der Waals surface area contributed by atoms with Gasteiger partial charge in [0.1, 0.15) is 17.0 Å². The zero-order chi connectivity index (χ0) is 19.1. The topological polar surface area (TPSA) is 64.7 Å². The summed E-state index contributed by atoms with van der Waals surface area (Å²) < 4.78 is 13.2. The smallest absolute Gasteiger partial charge is 0.221 e. The number of benzene rings is 2. The third-order valence-corrected chi connectivity index (χ3v) is 4.80. The van der Waals surface area contributed by atoms with E-state index in [4.69, 9.17) is 10.7 Å². The van der Waals surface area contributed by atoms with Crippen LogP contribution in [0.3, 0.4) is 0 Å². The Balaban J connectivity index is 1.98. The van der Waals surface area contributed by atoms with Crippen molar-refractivity contribution in [2.75, 3.05) is 5.73 Å². The van der Waals surface area contributed by atoms with Gasteiger partial charge in [-0.2, -0.15) is 0 Å². The molecule has 2 aromatic heterocycles. The number of fused-ring (bicyclic) bond motifs is 1. The van der Waals surface area contributed by atoms with Crippen LogP contribution in [-0.4, -0.2) is 15.0 Å². The Hall–Kier alpha value is -3.34. The predicted molar refractivity (Wildman–Crippen MR) is 107 cm³/mol. The maximum absolute atomic E-state index is 13.2. The van der Waals surface area contributed by atoms with Gasteiger partial charge in [0.05, 0.1) is 11.2 Å². The van der Waals surface area contributed by atoms with E-state index in [0.717, 1.165) is 22.4 Å². The summed E-state index contributed by atoms with van der Waals surface area (Å²) in [7, 11) is 0. The summed E-state index contributed by atoms with van der Waals surface area (Å²) in [5, 5.41) is 0. The lowest BCUT2D eigenvalue weighted by Crippen LogP contribution is -2.01. The van der Waals surface area contributed by atoms with Crippen LogP contribution in [0.5, 0.6) is 0 Å². The largest absolute Gasteiger partial charge is 0.368 e. The number of nitrogens with two attached hydrogens (primary N) is 1. The third-order valence-electron chi connectivity index (χ3n) is 4.80. The van der Waals surface area contributed by atoms with E-state index in [1.54, 1.807) is 12.1 Å². The molecule has 0 atom stereocenters. The quantitative estimate of drug-likeness (QED) is 0.547. The van der Waals surface area contributed by atoms with E-state index in [0.29, 0.717) is 16.7 Å². The number of hydrogen-bond acceptors (Lipinski definition) is 4. The lowest BCUT2D eigenvalue weighted by atomic mass is 9.97. The van der Waals surface area contributed by atoms with Gasteiger partial charge in [-0.3, -0.25) is 0 Å². The molecule has 0 bridgehead atoms. The number of pyridine rings is 1. The lowest BCUT2D eigenvalue weighted by Gasteiger charge is -2.12. The first kappa shape index (κ1) is 17.1. The standard InChI is InChI=1S/C22H19FN4/c1-12-10-14(3)17(11-13(12)2)20-21-19(26-22(24)27-20)9-8-18(25-21)15-4-6-16(23)7-5-15/h4-11H,1-3H3,(H2,24,26,27). The second-order valence-corrected chi connectivity index (χ2v) is 6.75. The molecule has 0 saturated carbocycles. The SMILES string of the molecule is Cc1cc(C)c(-c2nc(N)nc3ccc(-c4ccc(F)cc4)nc23)cc1C. The Labute approximate surface area is 156 Å². The van der Waals surface area contributed by atoms with Gasteiger partial charge in [-0.1, -0.05) is 6.07 Å². The Morgan fingerprint density at radius 2 is 1.48 bits per heavy atom. The first-order valence-corrected chi connectivity index (χ1v) is 8.71. The summed E-state index contributed by atoms with van der Waals surface area (Å²) in [6, 6.07) is 14.3. The van der Waals surface area contributed by atoms with E-state index in [9.17, 15) is 4.39 Å². The van der Waals surface area contributed by atoms with Crippen molar-refractivity contribution in [3.05, 3.63) is 71.0 Å². The highest BCUT2D eigenvalue weighted by Crippen LogP contribution is 2.31. The highest BCUT2D eigenvalue weighted by Gasteiger charge is 2.14. The molecule has 0 aliphatic carbocycles. The van der Waals surface area contributed by atoms with Crippen LogP contribution in [0.15, 0.2) is 48.5 Å². The summed E-state index contributed by atoms with van der Waals surface area (Å²) in [5.74, 6) is -0.0615. The molecule has 2 heterocycles. The number of hydrogen-bond donors (Lipinski definition) is 1. The summed E-state index contributed by atoms with van der Waals surface area (Å²) >= 11 is 0. The van der Waals surface area contributed by atoms with Crippen molar-refractivity contribution in [1.29, 1.82) is 0 Å². The zero-order valence-corrected chi connectivity index (χ0v) is 15.4. The molecule has 4 nitrogen and oxygen atoms in total. The van der Waals surface area contributed by atoms with E-state index < -0.39 is 0 Å². The van der Waals surface area contributed by atoms with Gasteiger partial charge in [0.2, 0.25) is 5.95 Å². The number of anilines is 1. The van der Waals surface area contributed by atoms with Crippen LogP contribution < -0.4 is 5.73 Å². The first-order valence-electron chi connectivity index (χ1n) is 8.71. The molecule has 0 aliphatic heterocycles. The molecule has 0 unspecified atom stereocenters. The molecule has 0 aliphatic rings. The molecule has 2 N–H and O–H groups in total. The molecule has 0 amide bonds. The molecular formula is C22H19FN4. The fourth-order valence-corrected chi connectivity index (χ4v) is 3.22. The lowest BCUT2D eigenvalue weighted by molar-refractivity contribution is 0.628. The number of aromatic nitrogens is 3. The second-order valence-electron chi connectivity index (χ2n) is 6.75. The maximum atomic E-state index is 13.2. The molecule has 0 fully saturated rings. The minimum Gasteiger partial charge on any atom is -0.368 e. The number of nitrogens with zero attached hydrogens (tertiary/aromatic N) is 3. The molecule has 4 aromatic rings. The molecule has 27 heavy (non-hydrogen) atoms. The Kier molecular flexibility index (Phi) is 4.07. The van der Waals surface area contributed by atoms with Crippen molar-refractivity contribution in [1.82, 2.24) is 15.0 Å². The molecule has 134 valence electrons. The molecular weight excluding hydrogens is 339 g/mol. The van der Waals surface area contributed by atoms with Crippen LogP contribution in [-0.2, 0) is 0 Å². The van der Waals surface area contributed by atoms with Crippen molar-refractivity contribution in [3.8, 4) is 22.5 Å². The van der Waals surface area contributed by atoms with Crippen LogP contribution in [0.1, 0.15) is 16.7 Å². The summed E-state index contributed by atoms with van der Waals surface area (Å²) in [4.78, 5) is 13.6. The van der Waals surface area contributed by atoms with Gasteiger partial charge in [-0.25, -0.2) is 19.3 Å². The van der Waals surface area contributed by atoms with Crippen LogP contribution in [0.4, 0.5) is 10.3 Å². The van der Waals surface area contributed by atoms with E-state index >= 15 is 0 Å². The van der Waals surface area contributed by atoms with Gasteiger partial charge in [0, 0.05) is 11.1 Å². The van der Waals surface area contributed by atoms with Gasteiger partial charge in [-0.05, 0) is 79.9 Å². The predicted octanol–water partition coefficient (Wildman–Crippen LogP) is 5.01. The van der Waals surface area contributed by atoms with Gasteiger partial charge in [-0.15, -0.1) is 0 Å². The molecule has 2 aromatic carbocycles. The zero-order valence-electron chi connectivity index (χ0n) is 15.4. The molecule has 4 rings (SSSR count). The minimum absolute atomic E-state index is 0.214. The molecule has 0 spiro atoms. The van der Waals surface area contributed by atoms with E-state index in [-0.39, 0.29) is 11.8 Å². The van der Waals surface area contributed by atoms with Crippen LogP contribution in [0, 0.1) is 26.6 Å². The fraction of sp³-hybridized carbons (Fsp3) is 0.136. The van der Waals surface area contributed by atoms with Crippen molar-refractivity contribution in [2.24, 2.45) is 0 Å². The number of rotatable bonds is 2. The second kappa shape index (κ2) is 6.43. The van der Waals surface area contributed by atoms with Gasteiger partial charge < -0.3 is 5.73 Å². The first-order chi connectivity index (χ1) is 12.9. The van der Waals surface area contributed by atoms with Gasteiger partial charge in [0.15, 0.2) is 0 Å². The van der Waals surface area contributed by atoms with E-state index in [1.165, 1.54) is 23.3 Å². The van der Waals surface area contributed by atoms with Crippen molar-refractivity contribution in [3.63, 3.8) is 0 Å². The van der Waals surface area contributed by atoms with Crippen LogP contribution in [0.25, 0.3) is 33.5 Å². The molecule has 5 heteroatoms. The average Bonchev–Trinajstić information content (AvgIpc) is 2.64. The van der Waals surface area contributed by atoms with Crippen molar-refractivity contribution < 1.29 is 4.39 Å². The monoisotopic (exact) mass is 358 g/mol. The van der Waals surface area contributed by atoms with Crippen LogP contribution >= 0.6 is 0 Å². The van der Waals surface area contributed by atoms with Crippen molar-refractivity contribution in [2.45, 2.75) is 20.8 Å². The Morgan fingerprint density at radius 1 is 0.778 bits per heavy atom. The highest BCUT2D eigenvalue weighted by atomic mass is 19.1. The third kappa shape index (κ3) is 3.12. The van der Waals surface area contributed by atoms with Crippen LogP contribution in [0.2, 0.25) is 0 Å². The molecule has 0 saturated heterocycles. The Morgan fingerprint density at radius 3 is 2.22 bits per heavy atom. The molecule has 0 radical (unpaired) electrons. The normalized spacial score (nSPS) is 11.1. The Bertz CT molecular complexity index is 1170. The van der Waals surface area contributed by atoms with Gasteiger partial charge in [0.25, 0.3) is 0 Å². The number of halogens is 1. The van der Waals surface area contributed by atoms with Gasteiger partial charge >= 0.3 is 0 Å². The minimum atomic E-state index is -0.276. The number of nitrogen functional groups attached to an aromatic ring is 1. The van der Waals surface area contributed by atoms with Crippen molar-refractivity contribution >= 4 is 17.0 Å². The van der Waals surface area contributed by atoms with E-state index in [2.05, 4.69) is 42.9 Å². The fourth-order valence-electron chi connectivity index (χ4n) is 3.22. The maximum Gasteiger partial charge on any atom is 0.221 e. The number of aryl methyl sites for hydroxylation is 3. The highest BCUT2D eigenvalue weighted by molar-refractivity contribution is 5.92. The summed E-state index contributed by atoms with van der Waals surface area (Å²) in [6.07, 6.45) is 0. The average molecular weight is 358 g/mol. The summed E-state index contributed by atoms with van der Waals surface area (Å²) in [6.45, 7) is 6.21. The van der Waals surface area contributed by atoms with E-state index in [1.807, 2.05) is 12.1 Å².